The summed E-state index contributed by atoms with van der Waals surface area (Å²) in [6.45, 7) is 7.84. The summed E-state index contributed by atoms with van der Waals surface area (Å²) >= 11 is 0. The molecule has 0 aliphatic carbocycles. The van der Waals surface area contributed by atoms with E-state index in [1.165, 1.54) is 0 Å². The van der Waals surface area contributed by atoms with Gasteiger partial charge in [-0.15, -0.1) is 10.2 Å². The van der Waals surface area contributed by atoms with E-state index in [9.17, 15) is 9.90 Å². The van der Waals surface area contributed by atoms with Crippen molar-refractivity contribution in [2.24, 2.45) is 0 Å². The highest BCUT2D eigenvalue weighted by Gasteiger charge is 2.49. The lowest BCUT2D eigenvalue weighted by molar-refractivity contribution is -0.157. The van der Waals surface area contributed by atoms with E-state index in [0.29, 0.717) is 24.5 Å². The Labute approximate surface area is 198 Å². The van der Waals surface area contributed by atoms with Crippen LogP contribution in [-0.4, -0.2) is 54.5 Å². The molecule has 34 heavy (non-hydrogen) atoms. The van der Waals surface area contributed by atoms with Crippen LogP contribution in [0.5, 0.6) is 0 Å². The van der Waals surface area contributed by atoms with Crippen molar-refractivity contribution in [1.29, 1.82) is 0 Å². The number of ether oxygens (including phenoxy) is 1. The smallest absolute Gasteiger partial charge is 0.353 e. The molecule has 0 spiro atoms. The summed E-state index contributed by atoms with van der Waals surface area (Å²) in [4.78, 5) is 14.9. The van der Waals surface area contributed by atoms with Crippen LogP contribution in [0.4, 0.5) is 0 Å². The van der Waals surface area contributed by atoms with E-state index in [-0.39, 0.29) is 12.6 Å². The van der Waals surface area contributed by atoms with E-state index in [4.69, 9.17) is 4.74 Å². The number of esters is 1. The number of benzene rings is 2. The third-order valence-electron chi connectivity index (χ3n) is 6.03. The Balaban J connectivity index is 1.63. The van der Waals surface area contributed by atoms with Crippen LogP contribution in [0.2, 0.25) is 0 Å². The van der Waals surface area contributed by atoms with Crippen LogP contribution in [0.25, 0.3) is 22.5 Å². The van der Waals surface area contributed by atoms with Crippen molar-refractivity contribution in [2.75, 3.05) is 6.61 Å². The first-order chi connectivity index (χ1) is 16.3. The number of tetrazole rings is 1. The molecule has 9 nitrogen and oxygen atoms in total. The van der Waals surface area contributed by atoms with Gasteiger partial charge in [0.25, 0.3) is 0 Å². The quantitative estimate of drug-likeness (QED) is 0.437. The van der Waals surface area contributed by atoms with E-state index >= 15 is 0 Å². The second-order valence-electron chi connectivity index (χ2n) is 8.77. The highest BCUT2D eigenvalue weighted by Crippen LogP contribution is 2.34. The van der Waals surface area contributed by atoms with Gasteiger partial charge < -0.3 is 20.1 Å². The molecule has 178 valence electrons. The van der Waals surface area contributed by atoms with E-state index in [1.54, 1.807) is 20.8 Å². The molecule has 0 radical (unpaired) electrons. The van der Waals surface area contributed by atoms with Gasteiger partial charge in [-0.1, -0.05) is 55.5 Å². The Kier molecular flexibility index (Phi) is 6.39. The molecule has 1 unspecified atom stereocenters. The zero-order valence-electron chi connectivity index (χ0n) is 19.9. The Morgan fingerprint density at radius 2 is 1.82 bits per heavy atom. The van der Waals surface area contributed by atoms with Gasteiger partial charge in [-0.25, -0.2) is 4.79 Å². The number of nitrogens with zero attached hydrogens (tertiary/aromatic N) is 4. The first-order valence-electron chi connectivity index (χ1n) is 11.4. The first kappa shape index (κ1) is 23.4. The van der Waals surface area contributed by atoms with Gasteiger partial charge in [-0.2, -0.15) is 5.21 Å². The van der Waals surface area contributed by atoms with Gasteiger partial charge in [0.05, 0.1) is 17.9 Å². The zero-order valence-corrected chi connectivity index (χ0v) is 19.9. The number of carbonyl (C=O) groups is 1. The fraction of sp³-hybridized carbons (Fsp3) is 0.360. The predicted molar refractivity (Wildman–Crippen MR) is 128 cm³/mol. The van der Waals surface area contributed by atoms with Gasteiger partial charge in [-0.05, 0) is 49.1 Å². The topological polar surface area (TPSA) is 116 Å². The Bertz CT molecular complexity index is 1170. The van der Waals surface area contributed by atoms with Crippen molar-refractivity contribution >= 4 is 5.97 Å². The van der Waals surface area contributed by atoms with Gasteiger partial charge in [0, 0.05) is 18.3 Å². The molecule has 4 rings (SSSR count). The lowest BCUT2D eigenvalue weighted by Gasteiger charge is -2.37. The van der Waals surface area contributed by atoms with Gasteiger partial charge in [0.15, 0.2) is 0 Å². The van der Waals surface area contributed by atoms with E-state index in [2.05, 4.69) is 25.9 Å². The maximum absolute atomic E-state index is 13.0. The Morgan fingerprint density at radius 3 is 2.41 bits per heavy atom. The molecule has 0 amide bonds. The highest BCUT2D eigenvalue weighted by molar-refractivity contribution is 5.82. The van der Waals surface area contributed by atoms with Gasteiger partial charge in [-0.3, -0.25) is 0 Å². The second kappa shape index (κ2) is 9.26. The van der Waals surface area contributed by atoms with Crippen molar-refractivity contribution in [3.63, 3.8) is 0 Å². The normalized spacial score (nSPS) is 17.9. The summed E-state index contributed by atoms with van der Waals surface area (Å²) in [6.07, 6.45) is 2.29. The summed E-state index contributed by atoms with van der Waals surface area (Å²) in [5.74, 6) is 0.174. The average molecular weight is 463 g/mol. The predicted octanol–water partition coefficient (Wildman–Crippen LogP) is 3.22. The average Bonchev–Trinajstić information content (AvgIpc) is 3.49. The number of aliphatic hydroxyl groups is 1. The molecule has 0 saturated carbocycles. The standard InChI is InChI=1S/C25H30N6O3/c1-5-25(23(32)34-6-2)26-21(24(3,4)33)16-31(25)15-17-11-13-18(14-12-17)19-9-7-8-10-20(19)22-27-29-30-28-22/h7-14,16,26,33H,5-6,15H2,1-4H3,(H,27,28,29,30). The molecular formula is C25H30N6O3. The van der Waals surface area contributed by atoms with Crippen molar-refractivity contribution in [2.45, 2.75) is 51.9 Å². The van der Waals surface area contributed by atoms with Crippen LogP contribution in [0.3, 0.4) is 0 Å². The van der Waals surface area contributed by atoms with Gasteiger partial charge >= 0.3 is 5.97 Å². The number of aromatic nitrogens is 4. The lowest BCUT2D eigenvalue weighted by Crippen LogP contribution is -2.59. The van der Waals surface area contributed by atoms with Crippen LogP contribution in [-0.2, 0) is 16.1 Å². The fourth-order valence-corrected chi connectivity index (χ4v) is 4.13. The third-order valence-corrected chi connectivity index (χ3v) is 6.03. The fourth-order valence-electron chi connectivity index (χ4n) is 4.13. The van der Waals surface area contributed by atoms with Crippen molar-refractivity contribution in [1.82, 2.24) is 30.8 Å². The molecule has 0 fully saturated rings. The molecule has 1 aliphatic rings. The van der Waals surface area contributed by atoms with E-state index < -0.39 is 11.3 Å². The molecule has 1 aliphatic heterocycles. The minimum Gasteiger partial charge on any atom is -0.463 e. The second-order valence-corrected chi connectivity index (χ2v) is 8.77. The summed E-state index contributed by atoms with van der Waals surface area (Å²) < 4.78 is 5.40. The highest BCUT2D eigenvalue weighted by atomic mass is 16.5. The van der Waals surface area contributed by atoms with Crippen LogP contribution in [0.1, 0.15) is 39.7 Å². The maximum Gasteiger partial charge on any atom is 0.353 e. The van der Waals surface area contributed by atoms with E-state index in [1.807, 2.05) is 66.6 Å². The maximum atomic E-state index is 13.0. The number of hydrogen-bond acceptors (Lipinski definition) is 8. The molecule has 0 bridgehead atoms. The van der Waals surface area contributed by atoms with Crippen LogP contribution >= 0.6 is 0 Å². The SMILES string of the molecule is CCOC(=O)C1(CC)NC(C(C)(C)O)=CN1Cc1ccc(-c2ccccc2-c2nn[nH]n2)cc1. The van der Waals surface area contributed by atoms with Gasteiger partial charge in [0.1, 0.15) is 0 Å². The molecule has 3 aromatic rings. The largest absolute Gasteiger partial charge is 0.463 e. The van der Waals surface area contributed by atoms with Crippen LogP contribution in [0, 0.1) is 0 Å². The summed E-state index contributed by atoms with van der Waals surface area (Å²) in [6, 6.07) is 16.0. The monoisotopic (exact) mass is 462 g/mol. The number of H-pyrrole nitrogens is 1. The molecule has 0 saturated heterocycles. The summed E-state index contributed by atoms with van der Waals surface area (Å²) in [5.41, 5.74) is 2.30. The first-order valence-corrected chi connectivity index (χ1v) is 11.4. The molecule has 3 N–H and O–H groups in total. The van der Waals surface area contributed by atoms with Crippen LogP contribution < -0.4 is 5.32 Å². The number of nitrogens with one attached hydrogen (secondary N) is 2. The van der Waals surface area contributed by atoms with Crippen molar-refractivity contribution in [3.05, 3.63) is 66.0 Å². The Morgan fingerprint density at radius 1 is 1.12 bits per heavy atom. The molecule has 2 heterocycles. The zero-order chi connectivity index (χ0) is 24.3. The number of rotatable bonds is 8. The van der Waals surface area contributed by atoms with Crippen molar-refractivity contribution < 1.29 is 14.6 Å². The number of carbonyl (C=O) groups excluding carboxylic acids is 1. The molecular weight excluding hydrogens is 432 g/mol. The molecule has 1 aromatic heterocycles. The minimum absolute atomic E-state index is 0.280. The lowest BCUT2D eigenvalue weighted by atomic mass is 9.98. The molecule has 9 heteroatoms. The number of hydrogen-bond donors (Lipinski definition) is 3. The van der Waals surface area contributed by atoms with Crippen LogP contribution in [0.15, 0.2) is 60.4 Å². The third kappa shape index (κ3) is 4.38. The van der Waals surface area contributed by atoms with Gasteiger partial charge in [0.2, 0.25) is 11.5 Å². The van der Waals surface area contributed by atoms with Crippen molar-refractivity contribution in [3.8, 4) is 22.5 Å². The molecule has 1 atom stereocenters. The number of aromatic amines is 1. The minimum atomic E-state index is -1.12. The summed E-state index contributed by atoms with van der Waals surface area (Å²) in [5, 5.41) is 28.2. The molecule has 2 aromatic carbocycles. The Hall–Kier alpha value is -3.72. The van der Waals surface area contributed by atoms with E-state index in [0.717, 1.165) is 22.3 Å². The summed E-state index contributed by atoms with van der Waals surface area (Å²) in [7, 11) is 0.